The zero-order chi connectivity index (χ0) is 15.8. The van der Waals surface area contributed by atoms with E-state index >= 15 is 0 Å². The van der Waals surface area contributed by atoms with E-state index in [4.69, 9.17) is 16.3 Å². The van der Waals surface area contributed by atoms with Crippen LogP contribution in [0.1, 0.15) is 33.3 Å². The predicted molar refractivity (Wildman–Crippen MR) is 99.0 cm³/mol. The fourth-order valence-electron chi connectivity index (χ4n) is 1.71. The number of hydrogen-bond acceptors (Lipinski definition) is 4. The van der Waals surface area contributed by atoms with Crippen molar-refractivity contribution in [3.8, 4) is 0 Å². The third-order valence-electron chi connectivity index (χ3n) is 2.48. The summed E-state index contributed by atoms with van der Waals surface area (Å²) in [5.41, 5.74) is -0.964. The number of rotatable bonds is 9. The van der Waals surface area contributed by atoms with Gasteiger partial charge in [0.15, 0.2) is 0 Å². The highest BCUT2D eigenvalue weighted by molar-refractivity contribution is 8.68. The molecular formula is C15H25NO2PS2+. The van der Waals surface area contributed by atoms with Gasteiger partial charge in [0.25, 0.3) is 0 Å². The van der Waals surface area contributed by atoms with Crippen LogP contribution in [0, 0.1) is 0 Å². The van der Waals surface area contributed by atoms with E-state index < -0.39 is 5.69 Å². The molecule has 0 saturated heterocycles. The van der Waals surface area contributed by atoms with Crippen LogP contribution in [0.3, 0.4) is 0 Å². The van der Waals surface area contributed by atoms with E-state index in [1.54, 1.807) is 11.4 Å². The van der Waals surface area contributed by atoms with Crippen molar-refractivity contribution in [3.63, 3.8) is 0 Å². The average Bonchev–Trinajstić information content (AvgIpc) is 2.39. The molecular weight excluding hydrogens is 321 g/mol. The fourth-order valence-corrected chi connectivity index (χ4v) is 8.60. The smallest absolute Gasteiger partial charge is 0.393 e. The van der Waals surface area contributed by atoms with Gasteiger partial charge in [-0.05, 0) is 37.7 Å². The minimum atomic E-state index is -2.17. The molecule has 1 aromatic carbocycles. The third kappa shape index (κ3) is 7.57. The minimum absolute atomic E-state index is 0.182. The molecule has 0 aliphatic heterocycles. The maximum Gasteiger partial charge on any atom is 0.393 e. The summed E-state index contributed by atoms with van der Waals surface area (Å²) in [5.74, 6) is 0. The van der Waals surface area contributed by atoms with Gasteiger partial charge in [0.05, 0.1) is 17.9 Å². The van der Waals surface area contributed by atoms with Gasteiger partial charge in [-0.25, -0.2) is 0 Å². The van der Waals surface area contributed by atoms with E-state index in [1.165, 1.54) is 5.56 Å². The molecule has 0 spiro atoms. The summed E-state index contributed by atoms with van der Waals surface area (Å²) in [6, 6.07) is 10.2. The molecule has 0 amide bonds. The van der Waals surface area contributed by atoms with E-state index in [-0.39, 0.29) is 4.75 Å². The molecule has 118 valence electrons. The van der Waals surface area contributed by atoms with Crippen molar-refractivity contribution in [1.29, 1.82) is 0 Å². The molecule has 0 aromatic heterocycles. The van der Waals surface area contributed by atoms with Gasteiger partial charge in [-0.1, -0.05) is 30.3 Å². The molecule has 0 heterocycles. The summed E-state index contributed by atoms with van der Waals surface area (Å²) in [7, 11) is 0. The Morgan fingerprint density at radius 3 is 2.57 bits per heavy atom. The minimum Gasteiger partial charge on any atom is -0.393 e. The Morgan fingerprint density at radius 1 is 1.33 bits per heavy atom. The topological polar surface area (TPSA) is 34.4 Å². The molecule has 3 nitrogen and oxygen atoms in total. The van der Waals surface area contributed by atoms with Crippen LogP contribution in [0.4, 0.5) is 0 Å². The Kier molecular flexibility index (Phi) is 8.14. The summed E-state index contributed by atoms with van der Waals surface area (Å²) in [5, 5.41) is 0. The molecule has 21 heavy (non-hydrogen) atoms. The van der Waals surface area contributed by atoms with Crippen LogP contribution in [0.2, 0.25) is 0 Å². The predicted octanol–water partition coefficient (Wildman–Crippen LogP) is 4.58. The zero-order valence-electron chi connectivity index (χ0n) is 13.2. The van der Waals surface area contributed by atoms with Crippen molar-refractivity contribution in [2.45, 2.75) is 39.0 Å². The first-order valence-electron chi connectivity index (χ1n) is 7.10. The average molecular weight is 346 g/mol. The molecule has 0 bridgehead atoms. The molecule has 1 N–H and O–H groups in total. The highest BCUT2D eigenvalue weighted by Gasteiger charge is 2.34. The summed E-state index contributed by atoms with van der Waals surface area (Å²) in [6.45, 7) is 10.2. The van der Waals surface area contributed by atoms with Gasteiger partial charge in [0, 0.05) is 24.9 Å². The zero-order valence-corrected chi connectivity index (χ0v) is 15.7. The molecule has 0 aliphatic rings. The number of nitrogens with zero attached hydrogens (tertiary/aromatic N) is 1. The largest absolute Gasteiger partial charge is 0.393 e. The van der Waals surface area contributed by atoms with Crippen LogP contribution in [-0.2, 0) is 22.9 Å². The van der Waals surface area contributed by atoms with Gasteiger partial charge in [0.2, 0.25) is 0 Å². The standard InChI is InChI=1S/C15H24NO2PS2/c1-5-17-19(20,18-6-2)21-15(3,4)13-16-12-14-10-8-7-9-11-14/h7-11,13H,5-6,12H2,1-4H3/p+1. The lowest BCUT2D eigenvalue weighted by Crippen LogP contribution is -2.17. The first-order valence-corrected chi connectivity index (χ1v) is 11.2. The molecule has 0 fully saturated rings. The second kappa shape index (κ2) is 9.06. The normalized spacial score (nSPS) is 15.2. The SMILES string of the molecule is CCOP(=S)([OH+]CC)SC(C)(C)C=NCc1ccccc1. The Bertz CT molecular complexity index is 482. The van der Waals surface area contributed by atoms with Gasteiger partial charge in [0.1, 0.15) is 6.61 Å². The number of benzene rings is 1. The first-order chi connectivity index (χ1) is 9.91. The monoisotopic (exact) mass is 346 g/mol. The lowest BCUT2D eigenvalue weighted by Gasteiger charge is -2.24. The van der Waals surface area contributed by atoms with Crippen molar-refractivity contribution in [1.82, 2.24) is 0 Å². The van der Waals surface area contributed by atoms with E-state index in [1.807, 2.05) is 38.3 Å². The quantitative estimate of drug-likeness (QED) is 0.373. The molecule has 1 rings (SSSR count). The maximum atomic E-state index is 5.73. The number of aliphatic imine (C=N–C) groups is 1. The lowest BCUT2D eigenvalue weighted by atomic mass is 10.2. The Balaban J connectivity index is 2.64. The Labute approximate surface area is 137 Å². The van der Waals surface area contributed by atoms with Gasteiger partial charge in [-0.3, -0.25) is 9.52 Å². The molecule has 1 atom stereocenters. The molecule has 6 heteroatoms. The highest BCUT2D eigenvalue weighted by Crippen LogP contribution is 2.63. The van der Waals surface area contributed by atoms with Gasteiger partial charge in [-0.2, -0.15) is 0 Å². The van der Waals surface area contributed by atoms with E-state index in [0.29, 0.717) is 19.8 Å². The van der Waals surface area contributed by atoms with E-state index in [2.05, 4.69) is 35.5 Å². The van der Waals surface area contributed by atoms with Gasteiger partial charge in [-0.15, -0.1) is 0 Å². The van der Waals surface area contributed by atoms with Crippen molar-refractivity contribution in [2.75, 3.05) is 13.2 Å². The maximum absolute atomic E-state index is 5.73. The van der Waals surface area contributed by atoms with Crippen molar-refractivity contribution >= 4 is 35.1 Å². The Morgan fingerprint density at radius 2 is 2.00 bits per heavy atom. The summed E-state index contributed by atoms with van der Waals surface area (Å²) in [6.07, 6.45) is 1.97. The van der Waals surface area contributed by atoms with Crippen LogP contribution in [0.25, 0.3) is 0 Å². The van der Waals surface area contributed by atoms with Crippen LogP contribution in [0.15, 0.2) is 35.3 Å². The second-order valence-corrected chi connectivity index (χ2v) is 11.9. The van der Waals surface area contributed by atoms with Crippen LogP contribution in [0.5, 0.6) is 0 Å². The molecule has 0 radical (unpaired) electrons. The molecule has 1 aromatic rings. The number of hydrogen-bond donors (Lipinski definition) is 0. The number of aliphatic hydroxyl groups is 1. The van der Waals surface area contributed by atoms with Gasteiger partial charge >= 0.3 is 5.69 Å². The first kappa shape index (κ1) is 18.9. The lowest BCUT2D eigenvalue weighted by molar-refractivity contribution is 0.144. The summed E-state index contributed by atoms with van der Waals surface area (Å²) >= 11 is 7.24. The highest BCUT2D eigenvalue weighted by atomic mass is 32.9. The van der Waals surface area contributed by atoms with Crippen molar-refractivity contribution in [2.24, 2.45) is 4.99 Å². The molecule has 1 unspecified atom stereocenters. The fraction of sp³-hybridized carbons (Fsp3) is 0.533. The molecule has 0 aliphatic carbocycles. The van der Waals surface area contributed by atoms with Crippen molar-refractivity contribution in [3.05, 3.63) is 35.9 Å². The van der Waals surface area contributed by atoms with Crippen LogP contribution in [-0.4, -0.2) is 28.7 Å². The third-order valence-corrected chi connectivity index (χ3v) is 8.60. The summed E-state index contributed by atoms with van der Waals surface area (Å²) < 4.78 is 10.1. The van der Waals surface area contributed by atoms with Crippen LogP contribution < -0.4 is 0 Å². The second-order valence-electron chi connectivity index (χ2n) is 4.99. The molecule has 0 saturated carbocycles. The van der Waals surface area contributed by atoms with Gasteiger partial charge < -0.3 is 4.52 Å². The van der Waals surface area contributed by atoms with Crippen LogP contribution >= 0.6 is 17.1 Å². The van der Waals surface area contributed by atoms with E-state index in [9.17, 15) is 0 Å². The van der Waals surface area contributed by atoms with E-state index in [0.717, 1.165) is 0 Å². The Hall–Kier alpha value is -0.190. The van der Waals surface area contributed by atoms with Crippen molar-refractivity contribution < 1.29 is 9.05 Å². The summed E-state index contributed by atoms with van der Waals surface area (Å²) in [4.78, 5) is 4.55.